The number of aromatic nitrogens is 2. The molecule has 0 bridgehead atoms. The first-order valence-corrected chi connectivity index (χ1v) is 9.46. The van der Waals surface area contributed by atoms with Gasteiger partial charge < -0.3 is 5.32 Å². The Morgan fingerprint density at radius 2 is 2.08 bits per heavy atom. The zero-order chi connectivity index (χ0) is 18.8. The van der Waals surface area contributed by atoms with Crippen LogP contribution in [0, 0.1) is 0 Å². The minimum Gasteiger partial charge on any atom is -0.352 e. The molecule has 0 aliphatic carbocycles. The summed E-state index contributed by atoms with van der Waals surface area (Å²) in [6, 6.07) is 8.21. The lowest BCUT2D eigenvalue weighted by atomic mass is 10.2. The van der Waals surface area contributed by atoms with Gasteiger partial charge in [-0.25, -0.2) is 9.36 Å². The van der Waals surface area contributed by atoms with Crippen LogP contribution in [-0.4, -0.2) is 21.1 Å². The van der Waals surface area contributed by atoms with E-state index in [1.54, 1.807) is 35.7 Å². The van der Waals surface area contributed by atoms with E-state index in [0.29, 0.717) is 20.9 Å². The SMILES string of the molecule is CCC(C)NC(=O)Cn1c(=O)n(-c2cccc(Cl)c2)c(=O)c2sccc21. The number of carbonyl (C=O) groups excluding carboxylic acids is 1. The van der Waals surface area contributed by atoms with Crippen molar-refractivity contribution < 1.29 is 4.79 Å². The molecule has 1 N–H and O–H groups in total. The van der Waals surface area contributed by atoms with Crippen molar-refractivity contribution in [2.45, 2.75) is 32.9 Å². The minimum atomic E-state index is -0.567. The molecule has 8 heteroatoms. The first-order chi connectivity index (χ1) is 12.4. The van der Waals surface area contributed by atoms with Gasteiger partial charge in [-0.05, 0) is 43.0 Å². The van der Waals surface area contributed by atoms with Gasteiger partial charge in [0, 0.05) is 11.1 Å². The lowest BCUT2D eigenvalue weighted by Crippen LogP contribution is -2.42. The Morgan fingerprint density at radius 3 is 2.77 bits per heavy atom. The summed E-state index contributed by atoms with van der Waals surface area (Å²) in [5.74, 6) is -0.273. The van der Waals surface area contributed by atoms with Gasteiger partial charge in [-0.1, -0.05) is 24.6 Å². The molecule has 26 heavy (non-hydrogen) atoms. The molecule has 2 heterocycles. The average Bonchev–Trinajstić information content (AvgIpc) is 3.08. The second-order valence-corrected chi connectivity index (χ2v) is 7.35. The summed E-state index contributed by atoms with van der Waals surface area (Å²) >= 11 is 7.25. The molecular weight excluding hydrogens is 374 g/mol. The highest BCUT2D eigenvalue weighted by atomic mass is 35.5. The van der Waals surface area contributed by atoms with Crippen LogP contribution >= 0.6 is 22.9 Å². The monoisotopic (exact) mass is 391 g/mol. The number of hydrogen-bond acceptors (Lipinski definition) is 4. The number of carbonyl (C=O) groups is 1. The smallest absolute Gasteiger partial charge is 0.336 e. The molecule has 136 valence electrons. The van der Waals surface area contributed by atoms with E-state index >= 15 is 0 Å². The van der Waals surface area contributed by atoms with Crippen LogP contribution in [0.25, 0.3) is 15.9 Å². The van der Waals surface area contributed by atoms with Crippen molar-refractivity contribution in [3.63, 3.8) is 0 Å². The van der Waals surface area contributed by atoms with E-state index < -0.39 is 11.2 Å². The Morgan fingerprint density at radius 1 is 1.31 bits per heavy atom. The highest BCUT2D eigenvalue weighted by Crippen LogP contribution is 2.17. The van der Waals surface area contributed by atoms with Gasteiger partial charge in [-0.2, -0.15) is 0 Å². The fourth-order valence-electron chi connectivity index (χ4n) is 2.65. The fourth-order valence-corrected chi connectivity index (χ4v) is 3.66. The van der Waals surface area contributed by atoms with Crippen molar-refractivity contribution in [2.75, 3.05) is 0 Å². The summed E-state index contributed by atoms with van der Waals surface area (Å²) in [7, 11) is 0. The third kappa shape index (κ3) is 3.45. The molecule has 3 aromatic rings. The molecule has 1 amide bonds. The van der Waals surface area contributed by atoms with Crippen molar-refractivity contribution >= 4 is 39.1 Å². The molecule has 0 spiro atoms. The Labute approximate surface area is 158 Å². The molecule has 0 radical (unpaired) electrons. The molecule has 0 saturated heterocycles. The molecule has 1 atom stereocenters. The second kappa shape index (κ2) is 7.47. The lowest BCUT2D eigenvalue weighted by Gasteiger charge is -2.15. The molecule has 0 aliphatic heterocycles. The van der Waals surface area contributed by atoms with Crippen LogP contribution in [0.1, 0.15) is 20.3 Å². The fraction of sp³-hybridized carbons (Fsp3) is 0.278. The maximum atomic E-state index is 13.0. The highest BCUT2D eigenvalue weighted by Gasteiger charge is 2.18. The Kier molecular flexibility index (Phi) is 5.29. The van der Waals surface area contributed by atoms with Crippen LogP contribution in [0.15, 0.2) is 45.3 Å². The number of nitrogens with zero attached hydrogens (tertiary/aromatic N) is 2. The second-order valence-electron chi connectivity index (χ2n) is 6.00. The number of hydrogen-bond donors (Lipinski definition) is 1. The number of fused-ring (bicyclic) bond motifs is 1. The van der Waals surface area contributed by atoms with Gasteiger partial charge in [-0.15, -0.1) is 11.3 Å². The van der Waals surface area contributed by atoms with Gasteiger partial charge in [0.15, 0.2) is 0 Å². The van der Waals surface area contributed by atoms with Gasteiger partial charge in [0.05, 0.1) is 11.2 Å². The summed E-state index contributed by atoms with van der Waals surface area (Å²) in [5.41, 5.74) is -0.148. The first-order valence-electron chi connectivity index (χ1n) is 8.20. The number of halogens is 1. The van der Waals surface area contributed by atoms with Gasteiger partial charge in [-0.3, -0.25) is 14.2 Å². The highest BCUT2D eigenvalue weighted by molar-refractivity contribution is 7.17. The summed E-state index contributed by atoms with van der Waals surface area (Å²) in [6.07, 6.45) is 0.788. The predicted molar refractivity (Wildman–Crippen MR) is 105 cm³/mol. The van der Waals surface area contributed by atoms with Gasteiger partial charge in [0.2, 0.25) is 5.91 Å². The number of nitrogens with one attached hydrogen (secondary N) is 1. The molecular formula is C18H18ClN3O3S. The molecule has 3 rings (SSSR count). The maximum Gasteiger partial charge on any atom is 0.336 e. The summed E-state index contributed by atoms with van der Waals surface area (Å²) < 4.78 is 2.80. The van der Waals surface area contributed by atoms with Gasteiger partial charge in [0.25, 0.3) is 5.56 Å². The van der Waals surface area contributed by atoms with Crippen molar-refractivity contribution in [3.05, 3.63) is 61.6 Å². The van der Waals surface area contributed by atoms with E-state index in [9.17, 15) is 14.4 Å². The van der Waals surface area contributed by atoms with Crippen LogP contribution in [0.2, 0.25) is 5.02 Å². The predicted octanol–water partition coefficient (Wildman–Crippen LogP) is 2.78. The van der Waals surface area contributed by atoms with E-state index in [-0.39, 0.29) is 18.5 Å². The van der Waals surface area contributed by atoms with Crippen molar-refractivity contribution in [2.24, 2.45) is 0 Å². The van der Waals surface area contributed by atoms with E-state index in [4.69, 9.17) is 11.6 Å². The molecule has 1 aromatic carbocycles. The van der Waals surface area contributed by atoms with Gasteiger partial charge >= 0.3 is 5.69 Å². The number of benzene rings is 1. The Hall–Kier alpha value is -2.38. The third-order valence-electron chi connectivity index (χ3n) is 4.14. The number of rotatable bonds is 5. The molecule has 1 unspecified atom stereocenters. The van der Waals surface area contributed by atoms with Gasteiger partial charge in [0.1, 0.15) is 11.2 Å². The first kappa shape index (κ1) is 18.4. The topological polar surface area (TPSA) is 73.1 Å². The molecule has 0 aliphatic rings. The van der Waals surface area contributed by atoms with Crippen molar-refractivity contribution in [1.82, 2.24) is 14.5 Å². The third-order valence-corrected chi connectivity index (χ3v) is 5.27. The van der Waals surface area contributed by atoms with E-state index in [2.05, 4.69) is 5.32 Å². The summed E-state index contributed by atoms with van der Waals surface area (Å²) in [5, 5.41) is 4.99. The van der Waals surface area contributed by atoms with Crippen molar-refractivity contribution in [1.29, 1.82) is 0 Å². The summed E-state index contributed by atoms with van der Waals surface area (Å²) in [6.45, 7) is 3.71. The van der Waals surface area contributed by atoms with E-state index in [0.717, 1.165) is 11.0 Å². The van der Waals surface area contributed by atoms with Crippen LogP contribution in [-0.2, 0) is 11.3 Å². The lowest BCUT2D eigenvalue weighted by molar-refractivity contribution is -0.122. The quantitative estimate of drug-likeness (QED) is 0.726. The van der Waals surface area contributed by atoms with E-state index in [1.165, 1.54) is 15.9 Å². The largest absolute Gasteiger partial charge is 0.352 e. The molecule has 2 aromatic heterocycles. The number of thiophene rings is 1. The number of amides is 1. The molecule has 6 nitrogen and oxygen atoms in total. The van der Waals surface area contributed by atoms with Crippen molar-refractivity contribution in [3.8, 4) is 5.69 Å². The van der Waals surface area contributed by atoms with Crippen LogP contribution in [0.5, 0.6) is 0 Å². The van der Waals surface area contributed by atoms with Crippen LogP contribution in [0.3, 0.4) is 0 Å². The average molecular weight is 392 g/mol. The standard InChI is InChI=1S/C18H18ClN3O3S/c1-3-11(2)20-15(23)10-21-14-7-8-26-16(14)17(24)22(18(21)25)13-6-4-5-12(19)9-13/h4-9,11H,3,10H2,1-2H3,(H,20,23). The zero-order valence-corrected chi connectivity index (χ0v) is 15.9. The van der Waals surface area contributed by atoms with Crippen LogP contribution in [0.4, 0.5) is 0 Å². The van der Waals surface area contributed by atoms with E-state index in [1.807, 2.05) is 13.8 Å². The maximum absolute atomic E-state index is 13.0. The minimum absolute atomic E-state index is 0.00926. The zero-order valence-electron chi connectivity index (χ0n) is 14.4. The summed E-state index contributed by atoms with van der Waals surface area (Å²) in [4.78, 5) is 38.1. The Bertz CT molecular complexity index is 1080. The van der Waals surface area contributed by atoms with Crippen LogP contribution < -0.4 is 16.6 Å². The normalized spacial score (nSPS) is 12.3. The molecule has 0 fully saturated rings. The molecule has 0 saturated carbocycles. The Balaban J connectivity index is 2.18.